The number of benzene rings is 2. The van der Waals surface area contributed by atoms with Gasteiger partial charge in [-0.05, 0) is 36.6 Å². The maximum atomic E-state index is 12.1. The van der Waals surface area contributed by atoms with Gasteiger partial charge < -0.3 is 14.2 Å². The van der Waals surface area contributed by atoms with Crippen molar-refractivity contribution in [1.29, 1.82) is 0 Å². The molecule has 1 unspecified atom stereocenters. The van der Waals surface area contributed by atoms with Crippen LogP contribution < -0.4 is 9.47 Å². The Balaban J connectivity index is 1.70. The second-order valence-corrected chi connectivity index (χ2v) is 5.89. The van der Waals surface area contributed by atoms with E-state index in [-0.39, 0.29) is 12.1 Å². The molecule has 0 saturated carbocycles. The zero-order valence-electron chi connectivity index (χ0n) is 14.3. The van der Waals surface area contributed by atoms with E-state index >= 15 is 0 Å². The second-order valence-electron chi connectivity index (χ2n) is 5.89. The molecule has 4 heteroatoms. The minimum absolute atomic E-state index is 0.0319. The maximum Gasteiger partial charge on any atom is 0.200 e. The summed E-state index contributed by atoms with van der Waals surface area (Å²) >= 11 is 0. The third-order valence-electron chi connectivity index (χ3n) is 4.07. The van der Waals surface area contributed by atoms with E-state index in [0.717, 1.165) is 31.4 Å². The molecule has 0 bridgehead atoms. The summed E-state index contributed by atoms with van der Waals surface area (Å²) in [7, 11) is 1.60. The molecule has 2 aromatic carbocycles. The van der Waals surface area contributed by atoms with E-state index in [1.165, 1.54) is 0 Å². The number of ketones is 1. The topological polar surface area (TPSA) is 44.8 Å². The Morgan fingerprint density at radius 3 is 2.68 bits per heavy atom. The lowest BCUT2D eigenvalue weighted by Gasteiger charge is -2.24. The molecule has 1 aliphatic heterocycles. The number of hydrogen-bond acceptors (Lipinski definition) is 4. The highest BCUT2D eigenvalue weighted by atomic mass is 16.7. The number of methoxy groups -OCH3 is 1. The molecule has 25 heavy (non-hydrogen) atoms. The van der Waals surface area contributed by atoms with E-state index in [1.807, 2.05) is 36.4 Å². The third kappa shape index (κ3) is 4.70. The monoisotopic (exact) mass is 338 g/mol. The van der Waals surface area contributed by atoms with Gasteiger partial charge in [0, 0.05) is 12.0 Å². The van der Waals surface area contributed by atoms with E-state index < -0.39 is 0 Å². The molecule has 0 aliphatic carbocycles. The van der Waals surface area contributed by atoms with Crippen molar-refractivity contribution in [1.82, 2.24) is 0 Å². The van der Waals surface area contributed by atoms with Crippen molar-refractivity contribution < 1.29 is 19.0 Å². The Labute approximate surface area is 148 Å². The van der Waals surface area contributed by atoms with E-state index in [0.29, 0.717) is 17.1 Å². The molecule has 1 aliphatic rings. The van der Waals surface area contributed by atoms with Gasteiger partial charge in [0.15, 0.2) is 23.6 Å². The predicted octanol–water partition coefficient (Wildman–Crippen LogP) is 4.50. The summed E-state index contributed by atoms with van der Waals surface area (Å²) in [4.78, 5) is 12.1. The minimum atomic E-state index is -0.219. The summed E-state index contributed by atoms with van der Waals surface area (Å²) in [6.07, 6.45) is 6.19. The van der Waals surface area contributed by atoms with Crippen LogP contribution in [0.15, 0.2) is 54.6 Å². The molecular formula is C21H22O4. The molecule has 0 amide bonds. The highest BCUT2D eigenvalue weighted by molar-refractivity contribution is 6.06. The second kappa shape index (κ2) is 8.49. The molecule has 1 heterocycles. The van der Waals surface area contributed by atoms with Gasteiger partial charge in [0.25, 0.3) is 0 Å². The van der Waals surface area contributed by atoms with E-state index in [4.69, 9.17) is 14.2 Å². The average molecular weight is 338 g/mol. The molecule has 130 valence electrons. The Hall–Kier alpha value is -2.59. The fourth-order valence-electron chi connectivity index (χ4n) is 2.70. The summed E-state index contributed by atoms with van der Waals surface area (Å²) in [6.45, 7) is 0.732. The normalized spacial score (nSPS) is 17.4. The van der Waals surface area contributed by atoms with Crippen molar-refractivity contribution in [3.8, 4) is 11.5 Å². The molecule has 0 spiro atoms. The zero-order chi connectivity index (χ0) is 17.5. The molecule has 0 radical (unpaired) electrons. The fourth-order valence-corrected chi connectivity index (χ4v) is 2.70. The summed E-state index contributed by atoms with van der Waals surface area (Å²) in [5.74, 6) is 1.25. The minimum Gasteiger partial charge on any atom is -0.493 e. The van der Waals surface area contributed by atoms with Gasteiger partial charge in [0.2, 0.25) is 0 Å². The van der Waals surface area contributed by atoms with Crippen LogP contribution in [-0.2, 0) is 4.74 Å². The highest BCUT2D eigenvalue weighted by Crippen LogP contribution is 2.31. The van der Waals surface area contributed by atoms with Crippen LogP contribution in [0.3, 0.4) is 0 Å². The molecule has 2 aromatic rings. The number of rotatable bonds is 6. The van der Waals surface area contributed by atoms with Crippen molar-refractivity contribution >= 4 is 11.9 Å². The van der Waals surface area contributed by atoms with Crippen LogP contribution in [0, 0.1) is 0 Å². The van der Waals surface area contributed by atoms with Gasteiger partial charge in [-0.3, -0.25) is 4.79 Å². The van der Waals surface area contributed by atoms with Crippen molar-refractivity contribution in [3.63, 3.8) is 0 Å². The molecule has 1 fully saturated rings. The number of carbonyl (C=O) groups excluding carboxylic acids is 1. The van der Waals surface area contributed by atoms with E-state index in [9.17, 15) is 4.79 Å². The molecule has 4 nitrogen and oxygen atoms in total. The summed E-state index contributed by atoms with van der Waals surface area (Å²) < 4.78 is 16.9. The van der Waals surface area contributed by atoms with Gasteiger partial charge in [-0.1, -0.05) is 42.5 Å². The van der Waals surface area contributed by atoms with Gasteiger partial charge in [-0.15, -0.1) is 0 Å². The van der Waals surface area contributed by atoms with Crippen LogP contribution in [0.1, 0.15) is 35.2 Å². The van der Waals surface area contributed by atoms with Crippen LogP contribution >= 0.6 is 0 Å². The smallest absolute Gasteiger partial charge is 0.200 e. The Morgan fingerprint density at radius 1 is 1.12 bits per heavy atom. The van der Waals surface area contributed by atoms with Crippen LogP contribution in [0.4, 0.5) is 0 Å². The molecule has 0 N–H and O–H groups in total. The lowest BCUT2D eigenvalue weighted by molar-refractivity contribution is -0.106. The Bertz CT molecular complexity index is 731. The average Bonchev–Trinajstić information content (AvgIpc) is 2.68. The molecule has 1 saturated heterocycles. The Kier molecular flexibility index (Phi) is 5.86. The zero-order valence-corrected chi connectivity index (χ0v) is 14.3. The third-order valence-corrected chi connectivity index (χ3v) is 4.07. The van der Waals surface area contributed by atoms with Crippen molar-refractivity contribution in [3.05, 3.63) is 65.7 Å². The van der Waals surface area contributed by atoms with Gasteiger partial charge in [0.05, 0.1) is 13.7 Å². The van der Waals surface area contributed by atoms with Crippen LogP contribution in [0.2, 0.25) is 0 Å². The quantitative estimate of drug-likeness (QED) is 0.575. The lowest BCUT2D eigenvalue weighted by Crippen LogP contribution is -2.25. The van der Waals surface area contributed by atoms with Gasteiger partial charge in [0.1, 0.15) is 0 Å². The largest absolute Gasteiger partial charge is 0.493 e. The number of hydrogen-bond donors (Lipinski definition) is 0. The predicted molar refractivity (Wildman–Crippen MR) is 97.0 cm³/mol. The molecular weight excluding hydrogens is 316 g/mol. The first-order chi connectivity index (χ1) is 12.3. The highest BCUT2D eigenvalue weighted by Gasteiger charge is 2.17. The maximum absolute atomic E-state index is 12.1. The van der Waals surface area contributed by atoms with Crippen molar-refractivity contribution in [2.75, 3.05) is 13.7 Å². The summed E-state index contributed by atoms with van der Waals surface area (Å²) in [5, 5.41) is 0. The fraction of sp³-hybridized carbons (Fsp3) is 0.286. The number of ether oxygens (including phenoxy) is 3. The number of carbonyl (C=O) groups is 1. The summed E-state index contributed by atoms with van der Waals surface area (Å²) in [6, 6.07) is 14.8. The first kappa shape index (κ1) is 17.2. The SMILES string of the molecule is COc1cc(/C=C/C(=O)c2ccccc2)ccc1OC1CCCCO1. The van der Waals surface area contributed by atoms with Crippen molar-refractivity contribution in [2.45, 2.75) is 25.6 Å². The molecule has 3 rings (SSSR count). The van der Waals surface area contributed by atoms with Gasteiger partial charge >= 0.3 is 0 Å². The van der Waals surface area contributed by atoms with Crippen LogP contribution in [-0.4, -0.2) is 25.8 Å². The summed E-state index contributed by atoms with van der Waals surface area (Å²) in [5.41, 5.74) is 1.54. The van der Waals surface area contributed by atoms with Crippen LogP contribution in [0.5, 0.6) is 11.5 Å². The molecule has 1 atom stereocenters. The first-order valence-electron chi connectivity index (χ1n) is 8.50. The lowest BCUT2D eigenvalue weighted by atomic mass is 10.1. The standard InChI is InChI=1S/C21H22O4/c1-23-20-15-16(10-12-18(22)17-7-3-2-4-8-17)11-13-19(20)25-21-9-5-6-14-24-21/h2-4,7-8,10-13,15,21H,5-6,9,14H2,1H3/b12-10+. The van der Waals surface area contributed by atoms with Crippen molar-refractivity contribution in [2.24, 2.45) is 0 Å². The Morgan fingerprint density at radius 2 is 1.96 bits per heavy atom. The van der Waals surface area contributed by atoms with E-state index in [1.54, 1.807) is 31.4 Å². The first-order valence-corrected chi connectivity index (χ1v) is 8.50. The number of allylic oxidation sites excluding steroid dienone is 1. The van der Waals surface area contributed by atoms with Gasteiger partial charge in [-0.25, -0.2) is 0 Å². The van der Waals surface area contributed by atoms with Gasteiger partial charge in [-0.2, -0.15) is 0 Å². The van der Waals surface area contributed by atoms with E-state index in [2.05, 4.69) is 0 Å². The molecule has 0 aromatic heterocycles. The van der Waals surface area contributed by atoms with Crippen LogP contribution in [0.25, 0.3) is 6.08 Å².